The van der Waals surface area contributed by atoms with Crippen LogP contribution >= 0.6 is 0 Å². The molecule has 0 saturated carbocycles. The van der Waals surface area contributed by atoms with Crippen molar-refractivity contribution < 1.29 is 27.8 Å². The van der Waals surface area contributed by atoms with Gasteiger partial charge in [-0.3, -0.25) is 9.96 Å². The van der Waals surface area contributed by atoms with E-state index < -0.39 is 43.2 Å². The van der Waals surface area contributed by atoms with Gasteiger partial charge in [-0.2, -0.15) is 9.97 Å². The molecule has 0 aromatic carbocycles. The van der Waals surface area contributed by atoms with Crippen molar-refractivity contribution in [1.82, 2.24) is 19.9 Å². The second kappa shape index (κ2) is 6.66. The number of fused-ring (bicyclic) bond motifs is 1. The number of aromatic amines is 1. The maximum Gasteiger partial charge on any atom is 0.323 e. The Balaban J connectivity index is 2.04. The van der Waals surface area contributed by atoms with Gasteiger partial charge in [0.1, 0.15) is 5.75 Å². The quantitative estimate of drug-likeness (QED) is 0.705. The minimum atomic E-state index is -2.94. The maximum atomic E-state index is 13.1. The van der Waals surface area contributed by atoms with Gasteiger partial charge in [0, 0.05) is 34.5 Å². The molecule has 3 heterocycles. The van der Waals surface area contributed by atoms with Gasteiger partial charge < -0.3 is 14.0 Å². The van der Waals surface area contributed by atoms with Crippen LogP contribution in [0.4, 0.5) is 0 Å². The molecule has 0 amide bonds. The number of imidazole rings is 1. The first-order valence-corrected chi connectivity index (χ1v) is 7.94. The van der Waals surface area contributed by atoms with E-state index in [0.29, 0.717) is 4.98 Å². The van der Waals surface area contributed by atoms with E-state index in [0.717, 1.165) is 0 Å². The van der Waals surface area contributed by atoms with Crippen molar-refractivity contribution in [1.29, 1.82) is 0 Å². The van der Waals surface area contributed by atoms with Gasteiger partial charge in [0.25, 0.3) is 0 Å². The third-order valence-electron chi connectivity index (χ3n) is 3.26. The molecule has 3 rings (SSSR count). The van der Waals surface area contributed by atoms with Gasteiger partial charge in [-0.25, -0.2) is 0 Å². The van der Waals surface area contributed by atoms with Gasteiger partial charge in [-0.1, -0.05) is 0 Å². The van der Waals surface area contributed by atoms with Crippen LogP contribution in [0.3, 0.4) is 0 Å². The molecule has 1 unspecified atom stereocenters. The lowest BCUT2D eigenvalue weighted by molar-refractivity contribution is 0.399. The zero-order valence-corrected chi connectivity index (χ0v) is 13.4. The Hall–Kier alpha value is -2.32. The second-order valence-electron chi connectivity index (χ2n) is 4.79. The van der Waals surface area contributed by atoms with Crippen LogP contribution in [0, 0.1) is 13.8 Å². The van der Waals surface area contributed by atoms with Gasteiger partial charge in [-0.05, 0) is 19.9 Å². The molecular weight excluding hydrogens is 328 g/mol. The van der Waals surface area contributed by atoms with E-state index in [1.807, 2.05) is 0 Å². The molecule has 3 aromatic heterocycles. The van der Waals surface area contributed by atoms with E-state index in [1.54, 1.807) is 0 Å². The van der Waals surface area contributed by atoms with Crippen LogP contribution < -0.4 is 9.47 Å². The number of rotatable bonds is 5. The van der Waals surface area contributed by atoms with Crippen LogP contribution in [0.1, 0.15) is 29.2 Å². The van der Waals surface area contributed by atoms with Crippen LogP contribution in [0.5, 0.6) is 11.6 Å². The lowest BCUT2D eigenvalue weighted by atomic mass is 10.1. The van der Waals surface area contributed by atoms with Crippen LogP contribution in [0.25, 0.3) is 11.2 Å². The van der Waals surface area contributed by atoms with Crippen LogP contribution in [0.15, 0.2) is 23.4 Å². The molecule has 8 heteroatoms. The molecule has 126 valence electrons. The summed E-state index contributed by atoms with van der Waals surface area (Å²) in [4.78, 5) is 12.3. The second-order valence-corrected chi connectivity index (χ2v) is 6.13. The average Bonchev–Trinajstić information content (AvgIpc) is 3.01. The van der Waals surface area contributed by atoms with Crippen LogP contribution in [0.2, 0.25) is 1.41 Å². The summed E-state index contributed by atoms with van der Waals surface area (Å²) in [6.45, 7) is 2.96. The van der Waals surface area contributed by atoms with E-state index in [9.17, 15) is 4.55 Å². The van der Waals surface area contributed by atoms with Gasteiger partial charge in [0.15, 0.2) is 12.8 Å². The topological polar surface area (TPSA) is 96.0 Å². The van der Waals surface area contributed by atoms with Gasteiger partial charge >= 0.3 is 5.16 Å². The first kappa shape index (κ1) is 8.17. The highest BCUT2D eigenvalue weighted by Crippen LogP contribution is 2.26. The summed E-state index contributed by atoms with van der Waals surface area (Å²) < 4.78 is 98.3. The molecule has 24 heavy (non-hydrogen) atoms. The molecule has 0 bridgehead atoms. The third kappa shape index (κ3) is 3.02. The monoisotopic (exact) mass is 356 g/mol. The van der Waals surface area contributed by atoms with Crippen LogP contribution in [-0.4, -0.2) is 38.6 Å². The molecule has 0 aliphatic heterocycles. The van der Waals surface area contributed by atoms with E-state index in [2.05, 4.69) is 19.7 Å². The van der Waals surface area contributed by atoms with Crippen LogP contribution in [-0.2, 0) is 16.9 Å². The largest absolute Gasteiger partial charge is 0.609 e. The predicted molar refractivity (Wildman–Crippen MR) is 90.8 cm³/mol. The standard InChI is InChI=1S/C16H18N4O3S/c1-9-7-17-12(10(2)14(9)23-4)8-24(21)16-18-11-5-6-13(22-3)19-15(11)20-16/h5-7H,8H2,1-4H3,(H,18,19,20)/i3D3,4D3,5D,6D,7D/hD. The number of H-pyrrole nitrogens is 1. The normalized spacial score (nSPS) is 19.5. The molecule has 0 aliphatic rings. The SMILES string of the molecule is [2H]c1nc(C[S+]([O-])c2nc3nc(OC([2H])([2H])[2H])c([2H])c([2H])c3n2[2H])c(C)c(OC([2H])([2H])[2H])c1C. The number of nitrogens with zero attached hydrogens (tertiary/aromatic N) is 3. The lowest BCUT2D eigenvalue weighted by Crippen LogP contribution is -2.10. The zero-order valence-electron chi connectivity index (χ0n) is 22.6. The van der Waals surface area contributed by atoms with Crippen molar-refractivity contribution in [2.45, 2.75) is 24.8 Å². The molecule has 3 aromatic rings. The fourth-order valence-electron chi connectivity index (χ4n) is 2.04. The molecule has 0 radical (unpaired) electrons. The van der Waals surface area contributed by atoms with Crippen molar-refractivity contribution in [2.75, 3.05) is 14.1 Å². The van der Waals surface area contributed by atoms with E-state index in [1.165, 1.54) is 13.8 Å². The number of methoxy groups -OCH3 is 2. The summed E-state index contributed by atoms with van der Waals surface area (Å²) in [6.07, 6.45) is -0.281. The van der Waals surface area contributed by atoms with Crippen molar-refractivity contribution in [2.24, 2.45) is 0 Å². The highest BCUT2D eigenvalue weighted by atomic mass is 32.2. The number of hydrogen-bond donors (Lipinski definition) is 1. The number of aromatic nitrogens is 4. The van der Waals surface area contributed by atoms with Crippen molar-refractivity contribution in [3.63, 3.8) is 0 Å². The molecule has 7 nitrogen and oxygen atoms in total. The summed E-state index contributed by atoms with van der Waals surface area (Å²) in [5.74, 6) is -1.15. The maximum absolute atomic E-state index is 13.1. The minimum Gasteiger partial charge on any atom is -0.609 e. The van der Waals surface area contributed by atoms with E-state index in [4.69, 9.17) is 18.5 Å². The zero-order chi connectivity index (χ0) is 25.7. The minimum absolute atomic E-state index is 0.0758. The lowest BCUT2D eigenvalue weighted by Gasteiger charge is -2.13. The number of ether oxygens (including phenoxy) is 2. The third-order valence-corrected chi connectivity index (χ3v) is 4.38. The van der Waals surface area contributed by atoms with Crippen molar-refractivity contribution >= 4 is 22.3 Å². The molecule has 0 fully saturated rings. The fourth-order valence-corrected chi connectivity index (χ4v) is 3.08. The Bertz CT molecular complexity index is 1260. The van der Waals surface area contributed by atoms with E-state index >= 15 is 0 Å². The molecule has 1 atom stereocenters. The molecule has 0 spiro atoms. The Kier molecular flexibility index (Phi) is 2.27. The highest BCUT2D eigenvalue weighted by molar-refractivity contribution is 7.90. The van der Waals surface area contributed by atoms with Gasteiger partial charge in [0.2, 0.25) is 5.88 Å². The number of hydrogen-bond acceptors (Lipinski definition) is 6. The molecule has 1 N–H and O–H groups in total. The fraction of sp³-hybridized carbons (Fsp3) is 0.312. The summed E-state index contributed by atoms with van der Waals surface area (Å²) in [7, 11) is -5.72. The summed E-state index contributed by atoms with van der Waals surface area (Å²) in [5, 5.41) is -0.381. The summed E-state index contributed by atoms with van der Waals surface area (Å²) >= 11 is -2.09. The van der Waals surface area contributed by atoms with E-state index in [-0.39, 0.29) is 50.8 Å². The average molecular weight is 356 g/mol. The highest BCUT2D eigenvalue weighted by Gasteiger charge is 2.21. The summed E-state index contributed by atoms with van der Waals surface area (Å²) in [5.41, 5.74) is -0.102. The Morgan fingerprint density at radius 2 is 2.17 bits per heavy atom. The Labute approximate surface area is 156 Å². The van der Waals surface area contributed by atoms with Crippen molar-refractivity contribution in [3.05, 3.63) is 35.1 Å². The molecule has 0 saturated heterocycles. The Morgan fingerprint density at radius 3 is 2.96 bits per heavy atom. The Morgan fingerprint density at radius 1 is 1.33 bits per heavy atom. The number of nitrogens with one attached hydrogen (secondary N) is 1. The van der Waals surface area contributed by atoms with Crippen molar-refractivity contribution in [3.8, 4) is 11.6 Å². The summed E-state index contributed by atoms with van der Waals surface area (Å²) in [6, 6.07) is -1.28. The first-order valence-electron chi connectivity index (χ1n) is 11.6. The van der Waals surface area contributed by atoms with Gasteiger partial charge in [0.05, 0.1) is 37.6 Å². The number of pyridine rings is 2. The molecular formula is C16H18N4O3S. The smallest absolute Gasteiger partial charge is 0.323 e. The first-order chi connectivity index (χ1) is 15.5. The van der Waals surface area contributed by atoms with Gasteiger partial charge in [-0.15, -0.1) is 0 Å². The predicted octanol–water partition coefficient (Wildman–Crippen LogP) is 2.29. The molecule has 0 aliphatic carbocycles.